The molecule has 0 N–H and O–H groups in total. The van der Waals surface area contributed by atoms with Crippen LogP contribution in [0.25, 0.3) is 15.5 Å². The molecule has 1 aromatic carbocycles. The Hall–Kier alpha value is -1.39. The number of rotatable bonds is 1. The minimum atomic E-state index is -4.94. The van der Waals surface area contributed by atoms with Crippen molar-refractivity contribution in [2.45, 2.75) is 13.8 Å². The van der Waals surface area contributed by atoms with Gasteiger partial charge in [0.1, 0.15) is 5.02 Å². The van der Waals surface area contributed by atoms with Crippen LogP contribution in [0.5, 0.6) is 0 Å². The molecule has 0 unspecified atom stereocenters. The van der Waals surface area contributed by atoms with Crippen LogP contribution < -0.4 is 23.2 Å². The molecule has 0 bridgehead atoms. The average molecular weight is 376 g/mol. The van der Waals surface area contributed by atoms with E-state index in [1.54, 1.807) is 11.3 Å². The molecular formula is C13H11Cl2N3O4S. The number of nitrogens with zero attached hydrogens (tertiary/aromatic N) is 3. The van der Waals surface area contributed by atoms with Gasteiger partial charge in [-0.15, -0.1) is 10.2 Å². The lowest BCUT2D eigenvalue weighted by Crippen LogP contribution is -2.68. The van der Waals surface area contributed by atoms with Gasteiger partial charge in [-0.3, -0.25) is 0 Å². The number of aryl methyl sites for hydroxylation is 2. The Labute approximate surface area is 142 Å². The molecule has 0 atom stereocenters. The highest BCUT2D eigenvalue weighted by Crippen LogP contribution is 2.24. The first kappa shape index (κ1) is 18.0. The van der Waals surface area contributed by atoms with E-state index in [4.69, 9.17) is 30.2 Å². The monoisotopic (exact) mass is 375 g/mol. The summed E-state index contributed by atoms with van der Waals surface area (Å²) in [6.07, 6.45) is 0. The molecule has 7 nitrogen and oxygen atoms in total. The number of benzene rings is 1. The van der Waals surface area contributed by atoms with Crippen molar-refractivity contribution in [1.29, 1.82) is 0 Å². The molecular weight excluding hydrogens is 365 g/mol. The molecule has 10 heteroatoms. The van der Waals surface area contributed by atoms with Gasteiger partial charge in [0.05, 0.1) is 0 Å². The molecule has 0 fully saturated rings. The first-order valence-electron chi connectivity index (χ1n) is 6.19. The Morgan fingerprint density at radius 1 is 1.09 bits per heavy atom. The Kier molecular flexibility index (Phi) is 5.48. The molecule has 0 saturated carbocycles. The van der Waals surface area contributed by atoms with E-state index in [0.717, 1.165) is 26.9 Å². The summed E-state index contributed by atoms with van der Waals surface area (Å²) in [4.78, 5) is 5.34. The summed E-state index contributed by atoms with van der Waals surface area (Å²) >= 11 is 7.76. The normalized spacial score (nSPS) is 11.3. The first-order chi connectivity index (χ1) is 10.7. The van der Waals surface area contributed by atoms with Gasteiger partial charge in [-0.25, -0.2) is 18.6 Å². The van der Waals surface area contributed by atoms with Gasteiger partial charge >= 0.3 is 4.96 Å². The lowest BCUT2D eigenvalue weighted by atomic mass is 10.2. The highest BCUT2D eigenvalue weighted by atomic mass is 35.7. The fraction of sp³-hybridized carbons (Fsp3) is 0.154. The third-order valence-electron chi connectivity index (χ3n) is 2.80. The third kappa shape index (κ3) is 4.79. The Morgan fingerprint density at radius 2 is 1.65 bits per heavy atom. The fourth-order valence-corrected chi connectivity index (χ4v) is 2.94. The quantitative estimate of drug-likeness (QED) is 0.475. The highest BCUT2D eigenvalue weighted by Gasteiger charge is 2.21. The highest BCUT2D eigenvalue weighted by molar-refractivity contribution is 7.19. The van der Waals surface area contributed by atoms with Crippen LogP contribution in [0.3, 0.4) is 0 Å². The van der Waals surface area contributed by atoms with Crippen molar-refractivity contribution in [3.8, 4) is 10.6 Å². The molecule has 23 heavy (non-hydrogen) atoms. The van der Waals surface area contributed by atoms with Gasteiger partial charge in [-0.05, 0) is 16.3 Å². The summed E-state index contributed by atoms with van der Waals surface area (Å²) in [6, 6.07) is 10.1. The van der Waals surface area contributed by atoms with Gasteiger partial charge < -0.3 is 0 Å². The molecule has 2 heterocycles. The van der Waals surface area contributed by atoms with E-state index in [1.807, 2.05) is 48.7 Å². The zero-order valence-electron chi connectivity index (χ0n) is 12.0. The summed E-state index contributed by atoms with van der Waals surface area (Å²) in [5, 5.41) is 6.20. The largest absolute Gasteiger partial charge is 0.410 e. The number of hydrogen-bond acceptors (Lipinski definition) is 7. The zero-order chi connectivity index (χ0) is 17.2. The van der Waals surface area contributed by atoms with Gasteiger partial charge in [0, 0.05) is 19.4 Å². The Morgan fingerprint density at radius 3 is 2.22 bits per heavy atom. The molecule has 0 amide bonds. The molecule has 0 spiro atoms. The maximum atomic E-state index is 8.49. The Balaban J connectivity index is 0.000000338. The SMILES string of the molecule is Cc1nc2sc(-c3ccccc3)n[n+]2c(C)c1Cl.[O-][Cl+3]([O-])([O-])[O-]. The maximum Gasteiger partial charge on any atom is 0.410 e. The van der Waals surface area contributed by atoms with E-state index in [2.05, 4.69) is 10.1 Å². The van der Waals surface area contributed by atoms with Crippen LogP contribution in [0.1, 0.15) is 11.4 Å². The second-order valence-electron chi connectivity index (χ2n) is 4.44. The van der Waals surface area contributed by atoms with Crippen molar-refractivity contribution in [1.82, 2.24) is 10.1 Å². The van der Waals surface area contributed by atoms with Gasteiger partial charge in [0.25, 0.3) is 0 Å². The molecule has 0 aliphatic carbocycles. The molecule has 3 aromatic rings. The third-order valence-corrected chi connectivity index (χ3v) is 4.30. The van der Waals surface area contributed by atoms with Gasteiger partial charge in [0.15, 0.2) is 16.4 Å². The van der Waals surface area contributed by atoms with Gasteiger partial charge in [0.2, 0.25) is 0 Å². The van der Waals surface area contributed by atoms with Crippen LogP contribution >= 0.6 is 22.9 Å². The number of aromatic nitrogens is 3. The topological polar surface area (TPSA) is 122 Å². The fourth-order valence-electron chi connectivity index (χ4n) is 1.82. The molecule has 3 rings (SSSR count). The average Bonchev–Trinajstić information content (AvgIpc) is 2.88. The van der Waals surface area contributed by atoms with Gasteiger partial charge in [-0.1, -0.05) is 51.5 Å². The van der Waals surface area contributed by atoms with E-state index >= 15 is 0 Å². The predicted octanol–water partition coefficient (Wildman–Crippen LogP) is -1.54. The lowest BCUT2D eigenvalue weighted by molar-refractivity contribution is -2.00. The lowest BCUT2D eigenvalue weighted by Gasteiger charge is -2.17. The summed E-state index contributed by atoms with van der Waals surface area (Å²) in [7, 11) is -4.94. The van der Waals surface area contributed by atoms with Crippen molar-refractivity contribution in [2.24, 2.45) is 0 Å². The van der Waals surface area contributed by atoms with E-state index in [-0.39, 0.29) is 0 Å². The van der Waals surface area contributed by atoms with E-state index in [0.29, 0.717) is 5.02 Å². The van der Waals surface area contributed by atoms with Crippen LogP contribution in [0, 0.1) is 24.1 Å². The summed E-state index contributed by atoms with van der Waals surface area (Å²) in [6.45, 7) is 3.87. The minimum Gasteiger partial charge on any atom is -0.222 e. The summed E-state index contributed by atoms with van der Waals surface area (Å²) in [5.41, 5.74) is 2.87. The molecule has 0 aliphatic heterocycles. The first-order valence-corrected chi connectivity index (χ1v) is 8.62. The summed E-state index contributed by atoms with van der Waals surface area (Å²) in [5.74, 6) is 0. The second-order valence-corrected chi connectivity index (χ2v) is 6.53. The van der Waals surface area contributed by atoms with Crippen molar-refractivity contribution in [3.05, 3.63) is 46.7 Å². The number of fused-ring (bicyclic) bond motifs is 1. The summed E-state index contributed by atoms with van der Waals surface area (Å²) < 4.78 is 35.8. The van der Waals surface area contributed by atoms with Crippen LogP contribution in [-0.4, -0.2) is 10.1 Å². The van der Waals surface area contributed by atoms with Crippen LogP contribution in [0.4, 0.5) is 0 Å². The zero-order valence-corrected chi connectivity index (χ0v) is 14.4. The van der Waals surface area contributed by atoms with Crippen molar-refractivity contribution in [3.63, 3.8) is 0 Å². The molecule has 122 valence electrons. The molecule has 0 saturated heterocycles. The number of hydrogen-bond donors (Lipinski definition) is 0. The predicted molar refractivity (Wildman–Crippen MR) is 73.0 cm³/mol. The smallest absolute Gasteiger partial charge is 0.222 e. The molecule has 0 radical (unpaired) electrons. The second kappa shape index (κ2) is 7.02. The maximum absolute atomic E-state index is 8.49. The van der Waals surface area contributed by atoms with Crippen LogP contribution in [0.2, 0.25) is 5.02 Å². The van der Waals surface area contributed by atoms with E-state index in [9.17, 15) is 0 Å². The van der Waals surface area contributed by atoms with Crippen molar-refractivity contribution < 1.29 is 33.4 Å². The van der Waals surface area contributed by atoms with Crippen LogP contribution in [-0.2, 0) is 0 Å². The standard InChI is InChI=1S/C13H11ClN3S.ClHO4/c1-8-11(14)9(2)17-13(15-8)18-12(16-17)10-6-4-3-5-7-10;2-1(3,4)5/h3-7H,1-2H3;(H,2,3,4,5)/q+1;/p-1. The Bertz CT molecular complexity index is 815. The number of halogens is 2. The molecule has 0 aliphatic rings. The van der Waals surface area contributed by atoms with Crippen molar-refractivity contribution in [2.75, 3.05) is 0 Å². The van der Waals surface area contributed by atoms with Crippen molar-refractivity contribution >= 4 is 27.9 Å². The minimum absolute atomic E-state index is 0.678. The van der Waals surface area contributed by atoms with Crippen LogP contribution in [0.15, 0.2) is 30.3 Å². The van der Waals surface area contributed by atoms with E-state index in [1.165, 1.54) is 0 Å². The molecule has 2 aromatic heterocycles. The van der Waals surface area contributed by atoms with E-state index < -0.39 is 10.2 Å². The van der Waals surface area contributed by atoms with Gasteiger partial charge in [-0.2, -0.15) is 0 Å².